The van der Waals surface area contributed by atoms with Crippen LogP contribution in [0.2, 0.25) is 0 Å². The highest BCUT2D eigenvalue weighted by Gasteiger charge is 2.25. The van der Waals surface area contributed by atoms with Crippen LogP contribution in [0, 0.1) is 0 Å². The van der Waals surface area contributed by atoms with E-state index in [0.717, 1.165) is 17.4 Å². The van der Waals surface area contributed by atoms with Crippen LogP contribution in [-0.4, -0.2) is 85.6 Å². The summed E-state index contributed by atoms with van der Waals surface area (Å²) in [6.45, 7) is 5.72. The third kappa shape index (κ3) is 5.27. The van der Waals surface area contributed by atoms with Crippen molar-refractivity contribution in [2.45, 2.75) is 6.92 Å². The molecule has 1 aromatic carbocycles. The first-order chi connectivity index (χ1) is 13.3. The van der Waals surface area contributed by atoms with E-state index in [-0.39, 0.29) is 22.9 Å². The second kappa shape index (κ2) is 9.94. The Morgan fingerprint density at radius 1 is 1.21 bits per heavy atom. The summed E-state index contributed by atoms with van der Waals surface area (Å²) in [7, 11) is 0.785. The zero-order valence-electron chi connectivity index (χ0n) is 16.9. The Morgan fingerprint density at radius 2 is 1.82 bits per heavy atom. The highest BCUT2D eigenvalue weighted by molar-refractivity contribution is 7.92. The summed E-state index contributed by atoms with van der Waals surface area (Å²) in [5.41, 5.74) is 0.447. The Balaban J connectivity index is 2.25. The predicted octanol–water partition coefficient (Wildman–Crippen LogP) is 0.552. The Morgan fingerprint density at radius 3 is 2.39 bits per heavy atom. The molecule has 0 saturated carbocycles. The van der Waals surface area contributed by atoms with Gasteiger partial charge >= 0.3 is 0 Å². The number of nitrogens with zero attached hydrogens (tertiary/aromatic N) is 2. The number of carbonyl (C=O) groups excluding carboxylic acids is 1. The fourth-order valence-corrected chi connectivity index (χ4v) is 3.74. The van der Waals surface area contributed by atoms with Crippen molar-refractivity contribution in [2.24, 2.45) is 0 Å². The maximum Gasteiger partial charge on any atom is 0.253 e. The highest BCUT2D eigenvalue weighted by Crippen LogP contribution is 2.35. The van der Waals surface area contributed by atoms with Gasteiger partial charge in [0.1, 0.15) is 0 Å². The van der Waals surface area contributed by atoms with E-state index in [0.29, 0.717) is 37.8 Å². The summed E-state index contributed by atoms with van der Waals surface area (Å²) in [5, 5.41) is 2.86. The van der Waals surface area contributed by atoms with Crippen LogP contribution in [0.3, 0.4) is 0 Å². The Bertz CT molecular complexity index is 778. The van der Waals surface area contributed by atoms with E-state index >= 15 is 0 Å². The molecule has 1 fully saturated rings. The topological polar surface area (TPSA) is 97.4 Å². The van der Waals surface area contributed by atoms with Crippen molar-refractivity contribution in [3.8, 4) is 11.5 Å². The minimum atomic E-state index is -3.55. The van der Waals surface area contributed by atoms with Crippen LogP contribution in [0.15, 0.2) is 12.1 Å². The Kier molecular flexibility index (Phi) is 7.90. The number of nitrogens with one attached hydrogen (secondary N) is 1. The van der Waals surface area contributed by atoms with Crippen LogP contribution in [0.1, 0.15) is 17.3 Å². The number of ether oxygens (including phenoxy) is 3. The number of carbonyl (C=O) groups is 1. The molecule has 28 heavy (non-hydrogen) atoms. The lowest BCUT2D eigenvalue weighted by atomic mass is 10.1. The fourth-order valence-electron chi connectivity index (χ4n) is 2.90. The van der Waals surface area contributed by atoms with Crippen molar-refractivity contribution in [1.82, 2.24) is 10.2 Å². The first kappa shape index (κ1) is 22.3. The van der Waals surface area contributed by atoms with Crippen LogP contribution < -0.4 is 19.1 Å². The number of amides is 1. The molecule has 9 nitrogen and oxygen atoms in total. The normalized spacial score (nSPS) is 15.1. The van der Waals surface area contributed by atoms with Crippen LogP contribution in [0.4, 0.5) is 5.69 Å². The minimum Gasteiger partial charge on any atom is -0.493 e. The molecule has 1 aliphatic rings. The molecule has 158 valence electrons. The predicted molar refractivity (Wildman–Crippen MR) is 107 cm³/mol. The Hall–Kier alpha value is -2.04. The monoisotopic (exact) mass is 415 g/mol. The quantitative estimate of drug-likeness (QED) is 0.629. The molecule has 1 aromatic rings. The van der Waals surface area contributed by atoms with E-state index in [1.54, 1.807) is 6.92 Å². The molecular formula is C18H29N3O6S. The molecule has 0 spiro atoms. The summed E-state index contributed by atoms with van der Waals surface area (Å²) in [6, 6.07) is 3.00. The SMILES string of the molecule is CCS(=O)(=O)N(C)c1cc(OC)c(OC)cc1C(=O)NCCN1CCOCC1. The highest BCUT2D eigenvalue weighted by atomic mass is 32.2. The van der Waals surface area contributed by atoms with Crippen molar-refractivity contribution >= 4 is 21.6 Å². The molecule has 0 aliphatic carbocycles. The number of morpholine rings is 1. The maximum atomic E-state index is 12.8. The maximum absolute atomic E-state index is 12.8. The standard InChI is InChI=1S/C18H29N3O6S/c1-5-28(23,24)20(2)15-13-17(26-4)16(25-3)12-14(15)18(22)19-6-7-21-8-10-27-11-9-21/h12-13H,5-11H2,1-4H3,(H,19,22). The molecule has 1 aliphatic heterocycles. The van der Waals surface area contributed by atoms with Gasteiger partial charge in [0.05, 0.1) is 44.4 Å². The number of rotatable bonds is 9. The summed E-state index contributed by atoms with van der Waals surface area (Å²) >= 11 is 0. The molecule has 1 amide bonds. The van der Waals surface area contributed by atoms with Gasteiger partial charge in [0, 0.05) is 39.3 Å². The summed E-state index contributed by atoms with van der Waals surface area (Å²) < 4.78 is 41.7. The van der Waals surface area contributed by atoms with E-state index < -0.39 is 10.0 Å². The fraction of sp³-hybridized carbons (Fsp3) is 0.611. The van der Waals surface area contributed by atoms with E-state index in [1.807, 2.05) is 0 Å². The van der Waals surface area contributed by atoms with E-state index in [1.165, 1.54) is 33.4 Å². The second-order valence-corrected chi connectivity index (χ2v) is 8.59. The molecule has 0 radical (unpaired) electrons. The van der Waals surface area contributed by atoms with Gasteiger partial charge in [-0.25, -0.2) is 8.42 Å². The number of methoxy groups -OCH3 is 2. The summed E-state index contributed by atoms with van der Waals surface area (Å²) in [6.07, 6.45) is 0. The number of hydrogen-bond donors (Lipinski definition) is 1. The number of benzene rings is 1. The zero-order chi connectivity index (χ0) is 20.7. The first-order valence-corrected chi connectivity index (χ1v) is 10.8. The molecular weight excluding hydrogens is 386 g/mol. The van der Waals surface area contributed by atoms with Gasteiger partial charge in [-0.3, -0.25) is 14.0 Å². The first-order valence-electron chi connectivity index (χ1n) is 9.15. The molecule has 1 heterocycles. The molecule has 1 saturated heterocycles. The molecule has 0 unspecified atom stereocenters. The van der Waals surface area contributed by atoms with Crippen molar-refractivity contribution in [3.63, 3.8) is 0 Å². The lowest BCUT2D eigenvalue weighted by Crippen LogP contribution is -2.41. The Labute approximate surface area is 166 Å². The van der Waals surface area contributed by atoms with Gasteiger partial charge in [0.2, 0.25) is 10.0 Å². The largest absolute Gasteiger partial charge is 0.493 e. The summed E-state index contributed by atoms with van der Waals surface area (Å²) in [4.78, 5) is 15.0. The van der Waals surface area contributed by atoms with Crippen LogP contribution in [0.5, 0.6) is 11.5 Å². The van der Waals surface area contributed by atoms with Crippen LogP contribution >= 0.6 is 0 Å². The molecule has 0 bridgehead atoms. The van der Waals surface area contributed by atoms with Gasteiger partial charge in [-0.15, -0.1) is 0 Å². The van der Waals surface area contributed by atoms with E-state index in [4.69, 9.17) is 14.2 Å². The zero-order valence-corrected chi connectivity index (χ0v) is 17.7. The number of anilines is 1. The lowest BCUT2D eigenvalue weighted by Gasteiger charge is -2.27. The van der Waals surface area contributed by atoms with Crippen molar-refractivity contribution in [3.05, 3.63) is 17.7 Å². The summed E-state index contributed by atoms with van der Waals surface area (Å²) in [5.74, 6) is 0.241. The van der Waals surface area contributed by atoms with Crippen molar-refractivity contribution < 1.29 is 27.4 Å². The van der Waals surface area contributed by atoms with Gasteiger partial charge in [-0.1, -0.05) is 0 Å². The average Bonchev–Trinajstić information content (AvgIpc) is 2.72. The van der Waals surface area contributed by atoms with Crippen molar-refractivity contribution in [1.29, 1.82) is 0 Å². The smallest absolute Gasteiger partial charge is 0.253 e. The van der Waals surface area contributed by atoms with E-state index in [9.17, 15) is 13.2 Å². The lowest BCUT2D eigenvalue weighted by molar-refractivity contribution is 0.0383. The van der Waals surface area contributed by atoms with Gasteiger partial charge in [0.25, 0.3) is 5.91 Å². The molecule has 1 N–H and O–H groups in total. The third-order valence-electron chi connectivity index (χ3n) is 4.69. The third-order valence-corrected chi connectivity index (χ3v) is 6.45. The molecule has 2 rings (SSSR count). The van der Waals surface area contributed by atoms with Gasteiger partial charge in [-0.2, -0.15) is 0 Å². The number of hydrogen-bond acceptors (Lipinski definition) is 7. The number of sulfonamides is 1. The average molecular weight is 416 g/mol. The van der Waals surface area contributed by atoms with Gasteiger partial charge < -0.3 is 19.5 Å². The van der Waals surface area contributed by atoms with Crippen LogP contribution in [-0.2, 0) is 14.8 Å². The van der Waals surface area contributed by atoms with Crippen LogP contribution in [0.25, 0.3) is 0 Å². The van der Waals surface area contributed by atoms with Gasteiger partial charge in [0.15, 0.2) is 11.5 Å². The molecule has 0 atom stereocenters. The van der Waals surface area contributed by atoms with Crippen molar-refractivity contribution in [2.75, 3.05) is 70.7 Å². The van der Waals surface area contributed by atoms with Gasteiger partial charge in [-0.05, 0) is 13.0 Å². The second-order valence-electron chi connectivity index (χ2n) is 6.30. The molecule has 0 aromatic heterocycles. The van der Waals surface area contributed by atoms with E-state index in [2.05, 4.69) is 10.2 Å². The molecule has 10 heteroatoms. The minimum absolute atomic E-state index is 0.0874.